The van der Waals surface area contributed by atoms with Crippen molar-refractivity contribution in [3.63, 3.8) is 0 Å². The Labute approximate surface area is 109 Å². The molecule has 92 valence electrons. The zero-order valence-corrected chi connectivity index (χ0v) is 11.2. The van der Waals surface area contributed by atoms with Crippen molar-refractivity contribution in [3.8, 4) is 0 Å². The number of halogens is 2. The molecule has 0 aromatic heterocycles. The van der Waals surface area contributed by atoms with E-state index < -0.39 is 0 Å². The molecule has 0 heterocycles. The number of guanidine groups is 1. The van der Waals surface area contributed by atoms with Gasteiger partial charge in [-0.2, -0.15) is 0 Å². The summed E-state index contributed by atoms with van der Waals surface area (Å²) in [4.78, 5) is 4.05. The third-order valence-electron chi connectivity index (χ3n) is 2.00. The second-order valence-electron chi connectivity index (χ2n) is 3.75. The van der Waals surface area contributed by atoms with E-state index in [0.717, 1.165) is 10.0 Å². The van der Waals surface area contributed by atoms with Crippen molar-refractivity contribution in [2.45, 2.75) is 13.5 Å². The van der Waals surface area contributed by atoms with Gasteiger partial charge in [0.2, 0.25) is 0 Å². The van der Waals surface area contributed by atoms with Crippen LogP contribution in [0.15, 0.2) is 39.8 Å². The van der Waals surface area contributed by atoms with Gasteiger partial charge in [0.1, 0.15) is 5.82 Å². The number of hydrogen-bond acceptors (Lipinski definition) is 1. The van der Waals surface area contributed by atoms with Crippen LogP contribution in [0, 0.1) is 5.82 Å². The van der Waals surface area contributed by atoms with Crippen LogP contribution < -0.4 is 11.1 Å². The van der Waals surface area contributed by atoms with Gasteiger partial charge in [0.05, 0.1) is 6.54 Å². The first-order chi connectivity index (χ1) is 7.99. The Bertz CT molecular complexity index is 443. The van der Waals surface area contributed by atoms with E-state index in [1.807, 2.05) is 6.92 Å². The van der Waals surface area contributed by atoms with Gasteiger partial charge >= 0.3 is 0 Å². The summed E-state index contributed by atoms with van der Waals surface area (Å²) in [6.07, 6.45) is 0. The molecule has 1 rings (SSSR count). The van der Waals surface area contributed by atoms with Crippen LogP contribution >= 0.6 is 15.9 Å². The molecule has 3 N–H and O–H groups in total. The lowest BCUT2D eigenvalue weighted by molar-refractivity contribution is 0.610. The van der Waals surface area contributed by atoms with Crippen LogP contribution in [0.3, 0.4) is 0 Å². The van der Waals surface area contributed by atoms with Gasteiger partial charge in [0, 0.05) is 16.6 Å². The fourth-order valence-electron chi connectivity index (χ4n) is 1.13. The number of nitrogens with zero attached hydrogens (tertiary/aromatic N) is 1. The maximum absolute atomic E-state index is 13.4. The Hall–Kier alpha value is -1.36. The molecular weight excluding hydrogens is 285 g/mol. The monoisotopic (exact) mass is 299 g/mol. The molecule has 0 bridgehead atoms. The van der Waals surface area contributed by atoms with Crippen LogP contribution in [0.5, 0.6) is 0 Å². The molecule has 1 aromatic carbocycles. The first-order valence-corrected chi connectivity index (χ1v) is 5.90. The Morgan fingerprint density at radius 3 is 2.94 bits per heavy atom. The van der Waals surface area contributed by atoms with E-state index in [-0.39, 0.29) is 18.3 Å². The van der Waals surface area contributed by atoms with E-state index in [4.69, 9.17) is 5.73 Å². The summed E-state index contributed by atoms with van der Waals surface area (Å²) in [5.41, 5.74) is 7.08. The molecule has 0 saturated heterocycles. The second kappa shape index (κ2) is 6.39. The minimum atomic E-state index is -0.287. The van der Waals surface area contributed by atoms with Gasteiger partial charge < -0.3 is 11.1 Å². The van der Waals surface area contributed by atoms with Crippen LogP contribution in [0.1, 0.15) is 12.5 Å². The highest BCUT2D eigenvalue weighted by Gasteiger charge is 2.02. The highest BCUT2D eigenvalue weighted by molar-refractivity contribution is 9.10. The van der Waals surface area contributed by atoms with Crippen LogP contribution in [-0.4, -0.2) is 12.5 Å². The number of aliphatic imine (C=N–C) groups is 1. The van der Waals surface area contributed by atoms with Gasteiger partial charge in [-0.25, -0.2) is 9.38 Å². The standard InChI is InChI=1S/C12H15BrFN3/c1-8(2)6-16-12(15)17-7-9-5-10(13)3-4-11(9)14/h3-5H,1,6-7H2,2H3,(H3,15,16,17). The maximum atomic E-state index is 13.4. The first kappa shape index (κ1) is 13.7. The molecule has 0 aliphatic carbocycles. The average molecular weight is 300 g/mol. The fourth-order valence-corrected chi connectivity index (χ4v) is 1.54. The minimum absolute atomic E-state index is 0.209. The minimum Gasteiger partial charge on any atom is -0.370 e. The van der Waals surface area contributed by atoms with E-state index in [1.54, 1.807) is 12.1 Å². The lowest BCUT2D eigenvalue weighted by Crippen LogP contribution is -2.32. The Morgan fingerprint density at radius 2 is 2.29 bits per heavy atom. The molecule has 17 heavy (non-hydrogen) atoms. The zero-order chi connectivity index (χ0) is 12.8. The first-order valence-electron chi connectivity index (χ1n) is 5.11. The molecule has 0 amide bonds. The predicted octanol–water partition coefficient (Wildman–Crippen LogP) is 2.57. The number of hydrogen-bond donors (Lipinski definition) is 2. The highest BCUT2D eigenvalue weighted by atomic mass is 79.9. The zero-order valence-electron chi connectivity index (χ0n) is 9.63. The number of rotatable bonds is 4. The van der Waals surface area contributed by atoms with Crippen LogP contribution in [0.25, 0.3) is 0 Å². The molecule has 1 aromatic rings. The third-order valence-corrected chi connectivity index (χ3v) is 2.49. The largest absolute Gasteiger partial charge is 0.370 e. The summed E-state index contributed by atoms with van der Waals surface area (Å²) in [5.74, 6) is -0.00275. The van der Waals surface area contributed by atoms with Crippen molar-refractivity contribution < 1.29 is 4.39 Å². The van der Waals surface area contributed by atoms with Crippen molar-refractivity contribution in [2.24, 2.45) is 10.7 Å². The summed E-state index contributed by atoms with van der Waals surface area (Å²) in [6, 6.07) is 4.72. The van der Waals surface area contributed by atoms with Crippen molar-refractivity contribution in [1.82, 2.24) is 5.32 Å². The SMILES string of the molecule is C=C(C)CNC(N)=NCc1cc(Br)ccc1F. The third kappa shape index (κ3) is 4.99. The van der Waals surface area contributed by atoms with Gasteiger partial charge in [-0.3, -0.25) is 0 Å². The van der Waals surface area contributed by atoms with E-state index in [0.29, 0.717) is 12.1 Å². The van der Waals surface area contributed by atoms with E-state index in [2.05, 4.69) is 32.8 Å². The molecular formula is C12H15BrFN3. The Balaban J connectivity index is 2.62. The summed E-state index contributed by atoms with van der Waals surface area (Å²) < 4.78 is 14.2. The highest BCUT2D eigenvalue weighted by Crippen LogP contribution is 2.16. The molecule has 0 radical (unpaired) electrons. The van der Waals surface area contributed by atoms with E-state index >= 15 is 0 Å². The van der Waals surface area contributed by atoms with Crippen molar-refractivity contribution in [3.05, 3.63) is 46.2 Å². The fraction of sp³-hybridized carbons (Fsp3) is 0.250. The van der Waals surface area contributed by atoms with Crippen LogP contribution in [0.4, 0.5) is 4.39 Å². The predicted molar refractivity (Wildman–Crippen MR) is 72.2 cm³/mol. The van der Waals surface area contributed by atoms with Crippen LogP contribution in [0.2, 0.25) is 0 Å². The molecule has 0 atom stereocenters. The maximum Gasteiger partial charge on any atom is 0.189 e. The molecule has 3 nitrogen and oxygen atoms in total. The summed E-state index contributed by atoms with van der Waals surface area (Å²) in [7, 11) is 0. The van der Waals surface area contributed by atoms with Crippen molar-refractivity contribution in [1.29, 1.82) is 0 Å². The number of benzene rings is 1. The van der Waals surface area contributed by atoms with Gasteiger partial charge in [0.25, 0.3) is 0 Å². The molecule has 0 saturated carbocycles. The van der Waals surface area contributed by atoms with Crippen molar-refractivity contribution in [2.75, 3.05) is 6.54 Å². The van der Waals surface area contributed by atoms with E-state index in [9.17, 15) is 4.39 Å². The lowest BCUT2D eigenvalue weighted by atomic mass is 10.2. The summed E-state index contributed by atoms with van der Waals surface area (Å²) in [6.45, 7) is 6.39. The number of nitrogens with two attached hydrogens (primary N) is 1. The van der Waals surface area contributed by atoms with Gasteiger partial charge in [-0.1, -0.05) is 28.1 Å². The quantitative estimate of drug-likeness (QED) is 0.510. The van der Waals surface area contributed by atoms with Gasteiger partial charge in [-0.05, 0) is 25.1 Å². The van der Waals surface area contributed by atoms with Crippen molar-refractivity contribution >= 4 is 21.9 Å². The van der Waals surface area contributed by atoms with Gasteiger partial charge in [-0.15, -0.1) is 0 Å². The lowest BCUT2D eigenvalue weighted by Gasteiger charge is -2.05. The Morgan fingerprint density at radius 1 is 1.59 bits per heavy atom. The molecule has 0 unspecified atom stereocenters. The normalized spacial score (nSPS) is 11.4. The topological polar surface area (TPSA) is 50.4 Å². The molecule has 0 aliphatic rings. The van der Waals surface area contributed by atoms with Crippen LogP contribution in [-0.2, 0) is 6.54 Å². The number of nitrogens with one attached hydrogen (secondary N) is 1. The second-order valence-corrected chi connectivity index (χ2v) is 4.66. The Kier molecular flexibility index (Phi) is 5.15. The molecule has 5 heteroatoms. The smallest absolute Gasteiger partial charge is 0.189 e. The molecule has 0 fully saturated rings. The summed E-state index contributed by atoms with van der Waals surface area (Å²) in [5, 5.41) is 2.88. The summed E-state index contributed by atoms with van der Waals surface area (Å²) >= 11 is 3.28. The average Bonchev–Trinajstić information content (AvgIpc) is 2.27. The van der Waals surface area contributed by atoms with E-state index in [1.165, 1.54) is 6.07 Å². The van der Waals surface area contributed by atoms with Gasteiger partial charge in [0.15, 0.2) is 5.96 Å². The molecule has 0 spiro atoms. The molecule has 0 aliphatic heterocycles.